The lowest BCUT2D eigenvalue weighted by atomic mass is 9.72. The number of para-hydroxylation sites is 1. The number of aromatic hydroxyl groups is 2. The van der Waals surface area contributed by atoms with Crippen LogP contribution < -0.4 is 14.8 Å². The van der Waals surface area contributed by atoms with Gasteiger partial charge in [0, 0.05) is 42.0 Å². The molecule has 14 heteroatoms. The number of nitrogens with zero attached hydrogens (tertiary/aromatic N) is 1. The number of benzene rings is 3. The topological polar surface area (TPSA) is 225 Å². The van der Waals surface area contributed by atoms with E-state index in [0.29, 0.717) is 5.75 Å². The molecule has 0 radical (unpaired) electrons. The van der Waals surface area contributed by atoms with E-state index in [0.717, 1.165) is 0 Å². The molecule has 2 aliphatic carbocycles. The van der Waals surface area contributed by atoms with Crippen molar-refractivity contribution in [1.29, 1.82) is 5.26 Å². The molecule has 1 saturated heterocycles. The zero-order valence-electron chi connectivity index (χ0n) is 27.2. The van der Waals surface area contributed by atoms with Crippen molar-refractivity contribution >= 4 is 17.3 Å². The van der Waals surface area contributed by atoms with Crippen molar-refractivity contribution in [3.05, 3.63) is 81.9 Å². The summed E-state index contributed by atoms with van der Waals surface area (Å²) in [5.41, 5.74) is -3.90. The molecule has 6 rings (SSSR count). The fourth-order valence-corrected chi connectivity index (χ4v) is 6.96. The van der Waals surface area contributed by atoms with Gasteiger partial charge in [-0.1, -0.05) is 30.3 Å². The number of nitriles is 1. The first-order chi connectivity index (χ1) is 23.9. The van der Waals surface area contributed by atoms with Gasteiger partial charge in [0.05, 0.1) is 48.2 Å². The van der Waals surface area contributed by atoms with Gasteiger partial charge < -0.3 is 44.5 Å². The second-order valence-corrected chi connectivity index (χ2v) is 12.6. The maximum atomic E-state index is 13.9. The summed E-state index contributed by atoms with van der Waals surface area (Å²) in [6.07, 6.45) is -5.77. The van der Waals surface area contributed by atoms with Crippen molar-refractivity contribution in [2.45, 2.75) is 68.5 Å². The van der Waals surface area contributed by atoms with Gasteiger partial charge in [-0.15, -0.1) is 0 Å². The molecule has 0 spiro atoms. The summed E-state index contributed by atoms with van der Waals surface area (Å²) in [5, 5.41) is 68.4. The smallest absolute Gasteiger partial charge is 0.202 e. The summed E-state index contributed by atoms with van der Waals surface area (Å²) >= 11 is 0. The van der Waals surface area contributed by atoms with Crippen LogP contribution in [0, 0.1) is 11.3 Å². The fraction of sp³-hybridized carbons (Fsp3) is 0.389. The lowest BCUT2D eigenvalue weighted by Gasteiger charge is -2.43. The van der Waals surface area contributed by atoms with Crippen LogP contribution in [0.2, 0.25) is 0 Å². The summed E-state index contributed by atoms with van der Waals surface area (Å²) in [6.45, 7) is 0.470. The molecule has 262 valence electrons. The van der Waals surface area contributed by atoms with Gasteiger partial charge in [-0.05, 0) is 25.1 Å². The monoisotopic (exact) mass is 688 g/mol. The highest BCUT2D eigenvalue weighted by molar-refractivity contribution is 6.31. The van der Waals surface area contributed by atoms with Gasteiger partial charge in [-0.3, -0.25) is 19.7 Å². The Morgan fingerprint density at radius 2 is 1.80 bits per heavy atom. The number of hydrogen-bond donors (Lipinski definition) is 6. The molecule has 14 nitrogen and oxygen atoms in total. The summed E-state index contributed by atoms with van der Waals surface area (Å²) in [5.74, 6) is -3.42. The number of aliphatic hydroxyl groups is 3. The zero-order chi connectivity index (χ0) is 35.9. The molecule has 1 fully saturated rings. The summed E-state index contributed by atoms with van der Waals surface area (Å²) < 4.78 is 23.2. The van der Waals surface area contributed by atoms with Crippen molar-refractivity contribution in [2.75, 3.05) is 20.3 Å². The third-order valence-corrected chi connectivity index (χ3v) is 9.49. The first-order valence-electron chi connectivity index (χ1n) is 16.0. The van der Waals surface area contributed by atoms with Crippen LogP contribution in [0.15, 0.2) is 48.5 Å². The predicted octanol–water partition coefficient (Wildman–Crippen LogP) is 1.60. The highest BCUT2D eigenvalue weighted by Crippen LogP contribution is 2.52. The second-order valence-electron chi connectivity index (χ2n) is 12.6. The van der Waals surface area contributed by atoms with Gasteiger partial charge in [-0.2, -0.15) is 5.26 Å². The number of carbonyl (C=O) groups is 3. The number of rotatable bonds is 10. The molecule has 1 aliphatic heterocycles. The minimum Gasteiger partial charge on any atom is -0.507 e. The normalized spacial score (nSPS) is 26.2. The molecule has 50 heavy (non-hydrogen) atoms. The van der Waals surface area contributed by atoms with Crippen molar-refractivity contribution in [3.8, 4) is 29.1 Å². The lowest BCUT2D eigenvalue weighted by Crippen LogP contribution is -2.57. The maximum absolute atomic E-state index is 13.9. The van der Waals surface area contributed by atoms with E-state index in [2.05, 4.69) is 11.4 Å². The van der Waals surface area contributed by atoms with E-state index in [1.165, 1.54) is 25.3 Å². The Balaban J connectivity index is 1.35. The summed E-state index contributed by atoms with van der Waals surface area (Å²) in [6, 6.07) is 13.7. The molecule has 7 atom stereocenters. The van der Waals surface area contributed by atoms with Crippen molar-refractivity contribution in [3.63, 3.8) is 0 Å². The van der Waals surface area contributed by atoms with E-state index >= 15 is 0 Å². The third-order valence-electron chi connectivity index (χ3n) is 9.49. The lowest BCUT2D eigenvalue weighted by molar-refractivity contribution is -0.250. The number of carbonyl (C=O) groups excluding carboxylic acids is 3. The van der Waals surface area contributed by atoms with Crippen LogP contribution in [0.5, 0.6) is 23.0 Å². The van der Waals surface area contributed by atoms with Crippen LogP contribution in [0.25, 0.3) is 0 Å². The first kappa shape index (κ1) is 35.0. The molecule has 6 N–H and O–H groups in total. The molecule has 3 aromatic rings. The number of hydrogen-bond acceptors (Lipinski definition) is 14. The van der Waals surface area contributed by atoms with E-state index in [4.69, 9.17) is 18.9 Å². The molecule has 0 amide bonds. The highest BCUT2D eigenvalue weighted by Gasteiger charge is 2.50. The highest BCUT2D eigenvalue weighted by atomic mass is 16.7. The van der Waals surface area contributed by atoms with Crippen LogP contribution in [-0.2, 0) is 20.7 Å². The van der Waals surface area contributed by atoms with E-state index in [-0.39, 0.29) is 41.0 Å². The number of aliphatic hydroxyl groups excluding tert-OH is 2. The molecule has 0 bridgehead atoms. The second kappa shape index (κ2) is 13.8. The van der Waals surface area contributed by atoms with Crippen LogP contribution >= 0.6 is 0 Å². The number of nitrogens with one attached hydrogen (secondary N) is 1. The maximum Gasteiger partial charge on any atom is 0.202 e. The largest absolute Gasteiger partial charge is 0.507 e. The van der Waals surface area contributed by atoms with E-state index in [1.807, 2.05) is 6.07 Å². The number of phenols is 2. The standard InChI is InChI=1S/C36H36N2O12/c1-17-31(41)22(38-18(14-37)16-48-19-7-4-3-5-8-19)11-26(49-17)50-24-13-36(46,25(40)15-39)12-21-28(24)35(45)30-29(33(21)43)32(42)20-9-6-10-23(47-2)27(20)34(30)44/h3-10,17-18,22,24,26,31,38-39,41,43,45-46H,11-13,15-16H2,1-2H3/t17?,18?,22?,24-,26?,31?,36-/m0/s1. The predicted molar refractivity (Wildman–Crippen MR) is 172 cm³/mol. The average Bonchev–Trinajstić information content (AvgIpc) is 3.11. The number of fused-ring (bicyclic) bond motifs is 3. The Kier molecular flexibility index (Phi) is 9.65. The number of ketones is 3. The van der Waals surface area contributed by atoms with Crippen LogP contribution in [0.4, 0.5) is 0 Å². The van der Waals surface area contributed by atoms with Gasteiger partial charge in [0.1, 0.15) is 47.9 Å². The van der Waals surface area contributed by atoms with Crippen molar-refractivity contribution in [2.24, 2.45) is 0 Å². The number of methoxy groups -OCH3 is 1. The van der Waals surface area contributed by atoms with E-state index in [1.54, 1.807) is 31.2 Å². The van der Waals surface area contributed by atoms with Gasteiger partial charge in [0.25, 0.3) is 0 Å². The van der Waals surface area contributed by atoms with Crippen molar-refractivity contribution in [1.82, 2.24) is 5.32 Å². The fourth-order valence-electron chi connectivity index (χ4n) is 6.96. The minimum absolute atomic E-state index is 0.0459. The number of phenolic OH excluding ortho intramolecular Hbond substituents is 2. The molecule has 0 aromatic heterocycles. The van der Waals surface area contributed by atoms with Gasteiger partial charge in [0.2, 0.25) is 5.78 Å². The Morgan fingerprint density at radius 3 is 2.48 bits per heavy atom. The van der Waals surface area contributed by atoms with Crippen LogP contribution in [-0.4, -0.2) is 99.4 Å². The molecule has 3 aliphatic rings. The Hall–Kier alpha value is -4.88. The average molecular weight is 689 g/mol. The number of ether oxygens (including phenoxy) is 4. The molecule has 5 unspecified atom stereocenters. The Labute approximate surface area is 286 Å². The van der Waals surface area contributed by atoms with Crippen LogP contribution in [0.1, 0.15) is 68.8 Å². The van der Waals surface area contributed by atoms with Gasteiger partial charge in [-0.25, -0.2) is 0 Å². The zero-order valence-corrected chi connectivity index (χ0v) is 27.2. The van der Waals surface area contributed by atoms with E-state index < -0.39 is 102 Å². The summed E-state index contributed by atoms with van der Waals surface area (Å²) in [4.78, 5) is 40.5. The molecule has 3 aromatic carbocycles. The quantitative estimate of drug-likeness (QED) is 0.130. The Morgan fingerprint density at radius 1 is 1.08 bits per heavy atom. The molecule has 1 heterocycles. The van der Waals surface area contributed by atoms with Gasteiger partial charge >= 0.3 is 0 Å². The third kappa shape index (κ3) is 6.09. The van der Waals surface area contributed by atoms with E-state index in [9.17, 15) is 45.2 Å². The Bertz CT molecular complexity index is 1870. The van der Waals surface area contributed by atoms with Crippen molar-refractivity contribution < 1.29 is 58.9 Å². The molecular weight excluding hydrogens is 652 g/mol. The first-order valence-corrected chi connectivity index (χ1v) is 16.0. The summed E-state index contributed by atoms with van der Waals surface area (Å²) in [7, 11) is 1.31. The van der Waals surface area contributed by atoms with Gasteiger partial charge in [0.15, 0.2) is 17.9 Å². The molecular formula is C36H36N2O12. The number of Topliss-reactive ketones (excluding diaryl/α,β-unsaturated/α-hetero) is 1. The SMILES string of the molecule is COc1cccc2c1C(=O)c1c(O)c3c(c(O)c1C2=O)C[C@@](O)(C(=O)CO)C[C@@H]3OC1CC(NC(C#N)COc2ccccc2)C(O)C(C)O1. The minimum atomic E-state index is -2.31. The van der Waals surface area contributed by atoms with Crippen LogP contribution in [0.3, 0.4) is 0 Å². The molecule has 0 saturated carbocycles.